The summed E-state index contributed by atoms with van der Waals surface area (Å²) in [5, 5.41) is 11.3. The minimum Gasteiger partial charge on any atom is -0.508 e. The molecule has 0 spiro atoms. The van der Waals surface area contributed by atoms with E-state index in [1.165, 1.54) is 44.3 Å². The largest absolute Gasteiger partial charge is 0.508 e. The Morgan fingerprint density at radius 2 is 1.82 bits per heavy atom. The van der Waals surface area contributed by atoms with E-state index in [1.54, 1.807) is 6.07 Å². The van der Waals surface area contributed by atoms with Crippen LogP contribution in [0.15, 0.2) is 66.7 Å². The number of allylic oxidation sites excluding steroid dienone is 1. The average molecular weight is 453 g/mol. The minimum absolute atomic E-state index is 0.324. The number of hydrogen-bond acceptors (Lipinski definition) is 2. The van der Waals surface area contributed by atoms with E-state index in [9.17, 15) is 9.50 Å². The third-order valence-electron chi connectivity index (χ3n) is 7.27. The second kappa shape index (κ2) is 8.44. The van der Waals surface area contributed by atoms with Gasteiger partial charge in [-0.1, -0.05) is 36.4 Å². The Labute approximate surface area is 199 Å². The Hall–Kier alpha value is -3.37. The van der Waals surface area contributed by atoms with Crippen molar-refractivity contribution in [1.29, 1.82) is 0 Å². The number of phenolic OH excluding ortho intramolecular Hbond substituents is 1. The molecular weight excluding hydrogens is 423 g/mol. The number of aromatic hydroxyl groups is 1. The van der Waals surface area contributed by atoms with Crippen molar-refractivity contribution in [3.63, 3.8) is 0 Å². The fourth-order valence-corrected chi connectivity index (χ4v) is 5.59. The van der Waals surface area contributed by atoms with Gasteiger partial charge in [0, 0.05) is 36.2 Å². The highest BCUT2D eigenvalue weighted by Crippen LogP contribution is 2.42. The van der Waals surface area contributed by atoms with Gasteiger partial charge in [-0.05, 0) is 95.5 Å². The highest BCUT2D eigenvalue weighted by molar-refractivity contribution is 6.02. The molecule has 1 aliphatic carbocycles. The first kappa shape index (κ1) is 21.2. The Morgan fingerprint density at radius 1 is 0.971 bits per heavy atom. The van der Waals surface area contributed by atoms with Crippen LogP contribution in [-0.2, 0) is 13.0 Å². The minimum atomic E-state index is -0.683. The predicted molar refractivity (Wildman–Crippen MR) is 137 cm³/mol. The molecular formula is C30H29FN2O. The molecule has 2 aliphatic rings. The van der Waals surface area contributed by atoms with Gasteiger partial charge in [-0.15, -0.1) is 0 Å². The second-order valence-corrected chi connectivity index (χ2v) is 9.75. The lowest BCUT2D eigenvalue weighted by Gasteiger charge is -2.33. The van der Waals surface area contributed by atoms with E-state index >= 15 is 0 Å². The molecule has 0 unspecified atom stereocenters. The van der Waals surface area contributed by atoms with Crippen LogP contribution in [0, 0.1) is 6.92 Å². The number of aromatic nitrogens is 1. The van der Waals surface area contributed by atoms with Crippen LogP contribution in [0.2, 0.25) is 0 Å². The topological polar surface area (TPSA) is 39.3 Å². The number of benzene rings is 3. The van der Waals surface area contributed by atoms with Gasteiger partial charge < -0.3 is 10.1 Å². The SMILES string of the molecule is Cc1ccccc1C1=C(c2ccc3[nH]c(CN4CC(F)C4)cc3c2)c2ccc(O)cc2CCC1. The number of likely N-dealkylation sites (tertiary alicyclic amines) is 1. The number of alkyl halides is 1. The number of aromatic amines is 1. The number of hydrogen-bond donors (Lipinski definition) is 2. The zero-order valence-electron chi connectivity index (χ0n) is 19.4. The molecule has 4 heteroatoms. The molecule has 1 saturated heterocycles. The number of fused-ring (bicyclic) bond motifs is 2. The molecule has 0 amide bonds. The zero-order valence-corrected chi connectivity index (χ0v) is 19.4. The maximum absolute atomic E-state index is 13.2. The summed E-state index contributed by atoms with van der Waals surface area (Å²) in [4.78, 5) is 5.65. The number of halogens is 1. The van der Waals surface area contributed by atoms with Crippen molar-refractivity contribution >= 4 is 22.0 Å². The van der Waals surface area contributed by atoms with Crippen molar-refractivity contribution in [1.82, 2.24) is 9.88 Å². The van der Waals surface area contributed by atoms with Gasteiger partial charge in [-0.25, -0.2) is 4.39 Å². The molecule has 3 nitrogen and oxygen atoms in total. The summed E-state index contributed by atoms with van der Waals surface area (Å²) in [5.74, 6) is 0.324. The lowest BCUT2D eigenvalue weighted by atomic mass is 9.86. The van der Waals surface area contributed by atoms with E-state index in [2.05, 4.69) is 71.4 Å². The number of phenols is 1. The summed E-state index contributed by atoms with van der Waals surface area (Å²) >= 11 is 0. The first-order chi connectivity index (χ1) is 16.5. The zero-order chi connectivity index (χ0) is 23.2. The maximum atomic E-state index is 13.2. The predicted octanol–water partition coefficient (Wildman–Crippen LogP) is 6.63. The van der Waals surface area contributed by atoms with E-state index in [0.717, 1.165) is 37.0 Å². The number of aryl methyl sites for hydroxylation is 2. The number of rotatable bonds is 4. The van der Waals surface area contributed by atoms with Crippen LogP contribution in [0.3, 0.4) is 0 Å². The van der Waals surface area contributed by atoms with Crippen LogP contribution in [0.25, 0.3) is 22.0 Å². The van der Waals surface area contributed by atoms with Crippen LogP contribution < -0.4 is 0 Å². The molecule has 2 N–H and O–H groups in total. The summed E-state index contributed by atoms with van der Waals surface area (Å²) in [6.07, 6.45) is 2.30. The quantitative estimate of drug-likeness (QED) is 0.365. The second-order valence-electron chi connectivity index (χ2n) is 9.75. The monoisotopic (exact) mass is 452 g/mol. The van der Waals surface area contributed by atoms with Gasteiger partial charge in [0.2, 0.25) is 0 Å². The molecule has 6 rings (SSSR count). The van der Waals surface area contributed by atoms with Crippen LogP contribution in [0.1, 0.15) is 46.4 Å². The van der Waals surface area contributed by atoms with Gasteiger partial charge in [0.1, 0.15) is 11.9 Å². The van der Waals surface area contributed by atoms with Crippen LogP contribution in [0.4, 0.5) is 4.39 Å². The molecule has 0 saturated carbocycles. The molecule has 3 aromatic carbocycles. The standard InChI is InChI=1S/C30H29FN2O/c1-19-5-2-3-7-26(19)28-8-4-6-20-15-25(34)10-11-27(20)30(28)21-9-12-29-22(13-21)14-24(32-29)18-33-16-23(31)17-33/h2-3,5,7,9-15,23,32,34H,4,6,8,16-18H2,1H3. The smallest absolute Gasteiger partial charge is 0.125 e. The van der Waals surface area contributed by atoms with E-state index in [0.29, 0.717) is 18.8 Å². The van der Waals surface area contributed by atoms with Crippen molar-refractivity contribution in [2.75, 3.05) is 13.1 Å². The van der Waals surface area contributed by atoms with E-state index in [4.69, 9.17) is 0 Å². The number of H-pyrrole nitrogens is 1. The van der Waals surface area contributed by atoms with Crippen LogP contribution in [-0.4, -0.2) is 34.3 Å². The lowest BCUT2D eigenvalue weighted by molar-refractivity contribution is 0.0582. The Bertz CT molecular complexity index is 1410. The normalized spacial score (nSPS) is 17.0. The van der Waals surface area contributed by atoms with Crippen molar-refractivity contribution in [3.05, 3.63) is 100 Å². The van der Waals surface area contributed by atoms with Gasteiger partial charge in [-0.2, -0.15) is 0 Å². The van der Waals surface area contributed by atoms with Crippen LogP contribution in [0.5, 0.6) is 5.75 Å². The third kappa shape index (κ3) is 3.82. The Balaban J connectivity index is 1.50. The molecule has 172 valence electrons. The van der Waals surface area contributed by atoms with Crippen molar-refractivity contribution in [2.24, 2.45) is 0 Å². The third-order valence-corrected chi connectivity index (χ3v) is 7.27. The summed E-state index contributed by atoms with van der Waals surface area (Å²) in [5.41, 5.74) is 11.0. The molecule has 4 aromatic rings. The molecule has 1 aliphatic heterocycles. The van der Waals surface area contributed by atoms with E-state index in [1.807, 2.05) is 6.07 Å². The van der Waals surface area contributed by atoms with Gasteiger partial charge in [0.15, 0.2) is 0 Å². The van der Waals surface area contributed by atoms with Gasteiger partial charge in [-0.3, -0.25) is 4.90 Å². The number of nitrogens with zero attached hydrogens (tertiary/aromatic N) is 1. The van der Waals surface area contributed by atoms with Gasteiger partial charge in [0.25, 0.3) is 0 Å². The fourth-order valence-electron chi connectivity index (χ4n) is 5.59. The fraction of sp³-hybridized carbons (Fsp3) is 0.267. The summed E-state index contributed by atoms with van der Waals surface area (Å²) in [7, 11) is 0. The van der Waals surface area contributed by atoms with Crippen molar-refractivity contribution in [3.8, 4) is 5.75 Å². The Kier molecular flexibility index (Phi) is 5.26. The highest BCUT2D eigenvalue weighted by atomic mass is 19.1. The van der Waals surface area contributed by atoms with Crippen LogP contribution >= 0.6 is 0 Å². The van der Waals surface area contributed by atoms with Crippen molar-refractivity contribution in [2.45, 2.75) is 38.9 Å². The molecule has 1 aromatic heterocycles. The van der Waals surface area contributed by atoms with Crippen molar-refractivity contribution < 1.29 is 9.50 Å². The molecule has 0 atom stereocenters. The first-order valence-electron chi connectivity index (χ1n) is 12.1. The van der Waals surface area contributed by atoms with E-state index < -0.39 is 6.17 Å². The summed E-state index contributed by atoms with van der Waals surface area (Å²) < 4.78 is 13.2. The summed E-state index contributed by atoms with van der Waals surface area (Å²) in [6.45, 7) is 3.99. The first-order valence-corrected chi connectivity index (χ1v) is 12.1. The highest BCUT2D eigenvalue weighted by Gasteiger charge is 2.26. The molecule has 0 radical (unpaired) electrons. The lowest BCUT2D eigenvalue weighted by Crippen LogP contribution is -2.47. The molecule has 0 bridgehead atoms. The Morgan fingerprint density at radius 3 is 2.65 bits per heavy atom. The molecule has 34 heavy (non-hydrogen) atoms. The average Bonchev–Trinajstić information content (AvgIpc) is 3.11. The molecule has 2 heterocycles. The molecule has 1 fully saturated rings. The van der Waals surface area contributed by atoms with Gasteiger partial charge >= 0.3 is 0 Å². The van der Waals surface area contributed by atoms with E-state index in [-0.39, 0.29) is 0 Å². The maximum Gasteiger partial charge on any atom is 0.125 e. The van der Waals surface area contributed by atoms with Gasteiger partial charge in [0.05, 0.1) is 0 Å². The number of nitrogens with one attached hydrogen (secondary N) is 1. The summed E-state index contributed by atoms with van der Waals surface area (Å²) in [6, 6.07) is 23.3.